The number of carbonyl (C=O) groups is 1. The molecule has 2 aromatic carbocycles. The van der Waals surface area contributed by atoms with Crippen LogP contribution in [0.2, 0.25) is 5.02 Å². The Balaban J connectivity index is 2.25. The minimum atomic E-state index is -3.17. The molecule has 0 aliphatic rings. The van der Waals surface area contributed by atoms with E-state index in [1.807, 2.05) is 6.92 Å². The van der Waals surface area contributed by atoms with Gasteiger partial charge in [-0.05, 0) is 36.8 Å². The van der Waals surface area contributed by atoms with E-state index in [0.29, 0.717) is 34.2 Å². The van der Waals surface area contributed by atoms with Crippen LogP contribution in [-0.2, 0) is 15.6 Å². The summed E-state index contributed by atoms with van der Waals surface area (Å²) >= 11 is 6.09. The minimum absolute atomic E-state index is 0.116. The highest BCUT2D eigenvalue weighted by Crippen LogP contribution is 2.33. The van der Waals surface area contributed by atoms with Gasteiger partial charge in [0.2, 0.25) is 0 Å². The van der Waals surface area contributed by atoms with Gasteiger partial charge < -0.3 is 10.1 Å². The van der Waals surface area contributed by atoms with Crippen molar-refractivity contribution in [1.29, 1.82) is 0 Å². The van der Waals surface area contributed by atoms with Crippen LogP contribution in [0.3, 0.4) is 0 Å². The second-order valence-electron chi connectivity index (χ2n) is 5.27. The first-order valence-corrected chi connectivity index (χ1v) is 9.73. The summed E-state index contributed by atoms with van der Waals surface area (Å²) in [7, 11) is -3.17. The molecule has 0 atom stereocenters. The number of rotatable bonds is 6. The van der Waals surface area contributed by atoms with E-state index in [1.165, 1.54) is 0 Å². The maximum absolute atomic E-state index is 12.4. The Hall–Kier alpha value is -2.05. The molecule has 5 nitrogen and oxygen atoms in total. The first kappa shape index (κ1) is 18.3. The number of ether oxygens (including phenoxy) is 1. The van der Waals surface area contributed by atoms with Gasteiger partial charge >= 0.3 is 0 Å². The lowest BCUT2D eigenvalue weighted by Gasteiger charge is -2.13. The summed E-state index contributed by atoms with van der Waals surface area (Å²) < 4.78 is 28.3. The average molecular weight is 368 g/mol. The zero-order valence-corrected chi connectivity index (χ0v) is 14.9. The topological polar surface area (TPSA) is 72.5 Å². The van der Waals surface area contributed by atoms with Crippen molar-refractivity contribution >= 4 is 33.0 Å². The molecule has 0 saturated heterocycles. The number of hydrogen-bond donors (Lipinski definition) is 1. The summed E-state index contributed by atoms with van der Waals surface area (Å²) in [5, 5.41) is 3.15. The Morgan fingerprint density at radius 3 is 2.58 bits per heavy atom. The second-order valence-corrected chi connectivity index (χ2v) is 7.82. The summed E-state index contributed by atoms with van der Waals surface area (Å²) in [5.41, 5.74) is 1.38. The fourth-order valence-electron chi connectivity index (χ4n) is 2.20. The molecule has 0 fully saturated rings. The molecule has 2 aromatic rings. The SMILES string of the molecule is CCOc1c(Cl)cccc1NC(=O)c1cccc(CS(C)(=O)=O)c1. The minimum Gasteiger partial charge on any atom is -0.490 e. The van der Waals surface area contributed by atoms with E-state index in [0.717, 1.165) is 6.26 Å². The van der Waals surface area contributed by atoms with Gasteiger partial charge in [0, 0.05) is 11.8 Å². The average Bonchev–Trinajstić information content (AvgIpc) is 2.49. The van der Waals surface area contributed by atoms with E-state index in [2.05, 4.69) is 5.32 Å². The number of sulfone groups is 1. The number of nitrogens with one attached hydrogen (secondary N) is 1. The summed E-state index contributed by atoms with van der Waals surface area (Å²) in [6.45, 7) is 2.24. The molecule has 128 valence electrons. The highest BCUT2D eigenvalue weighted by atomic mass is 35.5. The molecule has 1 N–H and O–H groups in total. The van der Waals surface area contributed by atoms with E-state index in [1.54, 1.807) is 42.5 Å². The van der Waals surface area contributed by atoms with Crippen LogP contribution in [-0.4, -0.2) is 27.2 Å². The lowest BCUT2D eigenvalue weighted by molar-refractivity contribution is 0.102. The van der Waals surface area contributed by atoms with Crippen molar-refractivity contribution in [3.8, 4) is 5.75 Å². The summed E-state index contributed by atoms with van der Waals surface area (Å²) in [5.74, 6) is -0.0777. The van der Waals surface area contributed by atoms with E-state index in [-0.39, 0.29) is 11.7 Å². The maximum atomic E-state index is 12.4. The van der Waals surface area contributed by atoms with Crippen molar-refractivity contribution in [3.05, 3.63) is 58.6 Å². The molecule has 0 aliphatic heterocycles. The molecule has 2 rings (SSSR count). The van der Waals surface area contributed by atoms with Crippen LogP contribution in [0, 0.1) is 0 Å². The predicted octanol–water partition coefficient (Wildman–Crippen LogP) is 3.54. The van der Waals surface area contributed by atoms with Gasteiger partial charge in [-0.15, -0.1) is 0 Å². The van der Waals surface area contributed by atoms with E-state index in [4.69, 9.17) is 16.3 Å². The number of amides is 1. The fraction of sp³-hybridized carbons (Fsp3) is 0.235. The molecule has 7 heteroatoms. The van der Waals surface area contributed by atoms with Gasteiger partial charge in [0.15, 0.2) is 15.6 Å². The quantitative estimate of drug-likeness (QED) is 0.847. The monoisotopic (exact) mass is 367 g/mol. The summed E-state index contributed by atoms with van der Waals surface area (Å²) in [6, 6.07) is 11.6. The molecule has 0 aromatic heterocycles. The van der Waals surface area contributed by atoms with Gasteiger partial charge in [-0.1, -0.05) is 29.8 Å². The maximum Gasteiger partial charge on any atom is 0.255 e. The molecule has 0 aliphatic carbocycles. The van der Waals surface area contributed by atoms with Gasteiger partial charge in [-0.2, -0.15) is 0 Å². The van der Waals surface area contributed by atoms with Crippen molar-refractivity contribution in [3.63, 3.8) is 0 Å². The van der Waals surface area contributed by atoms with Gasteiger partial charge in [0.05, 0.1) is 23.1 Å². The Morgan fingerprint density at radius 2 is 1.92 bits per heavy atom. The van der Waals surface area contributed by atoms with Gasteiger partial charge in [0.1, 0.15) is 0 Å². The third kappa shape index (κ3) is 4.97. The number of carbonyl (C=O) groups excluding carboxylic acids is 1. The van der Waals surface area contributed by atoms with Gasteiger partial charge in [-0.3, -0.25) is 4.79 Å². The van der Waals surface area contributed by atoms with Crippen LogP contribution in [0.1, 0.15) is 22.8 Å². The molecular formula is C17H18ClNO4S. The second kappa shape index (κ2) is 7.68. The van der Waals surface area contributed by atoms with Crippen LogP contribution in [0.4, 0.5) is 5.69 Å². The molecule has 0 unspecified atom stereocenters. The molecule has 0 bridgehead atoms. The Kier molecular flexibility index (Phi) is 5.85. The van der Waals surface area contributed by atoms with Crippen LogP contribution in [0.25, 0.3) is 0 Å². The molecule has 1 amide bonds. The third-order valence-electron chi connectivity index (χ3n) is 3.12. The number of benzene rings is 2. The Bertz CT molecular complexity index is 849. The number of halogens is 1. The third-order valence-corrected chi connectivity index (χ3v) is 4.28. The number of anilines is 1. The van der Waals surface area contributed by atoms with Gasteiger partial charge in [0.25, 0.3) is 5.91 Å². The van der Waals surface area contributed by atoms with Crippen LogP contribution < -0.4 is 10.1 Å². The summed E-state index contributed by atoms with van der Waals surface area (Å²) in [4.78, 5) is 12.4. The Morgan fingerprint density at radius 1 is 1.21 bits per heavy atom. The smallest absolute Gasteiger partial charge is 0.255 e. The first-order valence-electron chi connectivity index (χ1n) is 7.29. The first-order chi connectivity index (χ1) is 11.3. The molecule has 24 heavy (non-hydrogen) atoms. The fourth-order valence-corrected chi connectivity index (χ4v) is 3.21. The highest BCUT2D eigenvalue weighted by Gasteiger charge is 2.14. The van der Waals surface area contributed by atoms with Gasteiger partial charge in [-0.25, -0.2) is 8.42 Å². The van der Waals surface area contributed by atoms with Crippen LogP contribution in [0.5, 0.6) is 5.75 Å². The molecule has 0 heterocycles. The predicted molar refractivity (Wildman–Crippen MR) is 95.6 cm³/mol. The van der Waals surface area contributed by atoms with Crippen molar-refractivity contribution in [1.82, 2.24) is 0 Å². The normalized spacial score (nSPS) is 11.1. The van der Waals surface area contributed by atoms with Crippen molar-refractivity contribution in [2.24, 2.45) is 0 Å². The van der Waals surface area contributed by atoms with Crippen LogP contribution >= 0.6 is 11.6 Å². The number of hydrogen-bond acceptors (Lipinski definition) is 4. The zero-order valence-electron chi connectivity index (χ0n) is 13.4. The largest absolute Gasteiger partial charge is 0.490 e. The Labute approximate surface area is 146 Å². The molecule has 0 spiro atoms. The lowest BCUT2D eigenvalue weighted by atomic mass is 10.1. The van der Waals surface area contributed by atoms with Crippen molar-refractivity contribution in [2.45, 2.75) is 12.7 Å². The summed E-state index contributed by atoms with van der Waals surface area (Å²) in [6.07, 6.45) is 1.15. The van der Waals surface area contributed by atoms with Crippen molar-refractivity contribution in [2.75, 3.05) is 18.2 Å². The molecular weight excluding hydrogens is 350 g/mol. The molecule has 0 saturated carbocycles. The lowest BCUT2D eigenvalue weighted by Crippen LogP contribution is -2.13. The standard InChI is InChI=1S/C17H18ClNO4S/c1-3-23-16-14(18)8-5-9-15(16)19-17(20)13-7-4-6-12(10-13)11-24(2,21)22/h4-10H,3,11H2,1-2H3,(H,19,20). The van der Waals surface area contributed by atoms with E-state index in [9.17, 15) is 13.2 Å². The zero-order chi connectivity index (χ0) is 17.7. The van der Waals surface area contributed by atoms with E-state index >= 15 is 0 Å². The van der Waals surface area contributed by atoms with Crippen LogP contribution in [0.15, 0.2) is 42.5 Å². The number of para-hydroxylation sites is 1. The van der Waals surface area contributed by atoms with Crippen molar-refractivity contribution < 1.29 is 17.9 Å². The van der Waals surface area contributed by atoms with E-state index < -0.39 is 9.84 Å². The highest BCUT2D eigenvalue weighted by molar-refractivity contribution is 7.89. The molecule has 0 radical (unpaired) electrons.